The number of thiocarbonyl (C=S) groups is 1. The first-order valence-electron chi connectivity index (χ1n) is 7.33. The second kappa shape index (κ2) is 7.22. The van der Waals surface area contributed by atoms with Crippen LogP contribution in [0.5, 0.6) is 0 Å². The first-order chi connectivity index (χ1) is 10.5. The third kappa shape index (κ3) is 3.95. The minimum absolute atomic E-state index is 0.290. The summed E-state index contributed by atoms with van der Waals surface area (Å²) in [6, 6.07) is 12.7. The van der Waals surface area contributed by atoms with Crippen molar-refractivity contribution in [3.8, 4) is 5.69 Å². The van der Waals surface area contributed by atoms with E-state index in [-0.39, 0.29) is 0 Å². The zero-order chi connectivity index (χ0) is 16.1. The summed E-state index contributed by atoms with van der Waals surface area (Å²) < 4.78 is 2.21. The van der Waals surface area contributed by atoms with Gasteiger partial charge in [-0.2, -0.15) is 5.10 Å². The van der Waals surface area contributed by atoms with Gasteiger partial charge in [0.15, 0.2) is 5.11 Å². The van der Waals surface area contributed by atoms with Crippen molar-refractivity contribution in [2.24, 2.45) is 5.10 Å². The highest BCUT2D eigenvalue weighted by atomic mass is 32.1. The Balaban J connectivity index is 2.15. The van der Waals surface area contributed by atoms with Gasteiger partial charge in [0.2, 0.25) is 0 Å². The molecular weight excluding hydrogens is 292 g/mol. The molecular formula is C17H22N4S. The summed E-state index contributed by atoms with van der Waals surface area (Å²) in [6.07, 6.45) is 1.80. The molecule has 5 heteroatoms. The lowest BCUT2D eigenvalue weighted by Gasteiger charge is -2.10. The quantitative estimate of drug-likeness (QED) is 0.517. The summed E-state index contributed by atoms with van der Waals surface area (Å²) in [5.74, 6) is 0. The van der Waals surface area contributed by atoms with Gasteiger partial charge >= 0.3 is 0 Å². The molecule has 0 radical (unpaired) electrons. The molecule has 1 aromatic heterocycles. The Hall–Kier alpha value is -2.14. The lowest BCUT2D eigenvalue weighted by atomic mass is 10.2. The fraction of sp³-hybridized carbons (Fsp3) is 0.294. The second-order valence-corrected chi connectivity index (χ2v) is 5.90. The van der Waals surface area contributed by atoms with Crippen LogP contribution in [0.15, 0.2) is 41.5 Å². The van der Waals surface area contributed by atoms with Crippen LogP contribution in [0.25, 0.3) is 5.69 Å². The van der Waals surface area contributed by atoms with Gasteiger partial charge in [-0.3, -0.25) is 5.43 Å². The predicted octanol–water partition coefficient (Wildman–Crippen LogP) is 3.30. The van der Waals surface area contributed by atoms with Gasteiger partial charge in [0.05, 0.1) is 6.21 Å². The minimum atomic E-state index is 0.290. The molecule has 22 heavy (non-hydrogen) atoms. The van der Waals surface area contributed by atoms with Crippen molar-refractivity contribution in [3.05, 3.63) is 53.3 Å². The van der Waals surface area contributed by atoms with E-state index in [1.54, 1.807) is 6.21 Å². The van der Waals surface area contributed by atoms with E-state index in [0.29, 0.717) is 11.2 Å². The molecule has 0 bridgehead atoms. The van der Waals surface area contributed by atoms with E-state index in [1.165, 1.54) is 5.69 Å². The molecule has 0 aliphatic rings. The highest BCUT2D eigenvalue weighted by molar-refractivity contribution is 7.80. The molecule has 0 unspecified atom stereocenters. The van der Waals surface area contributed by atoms with Crippen LogP contribution in [0.3, 0.4) is 0 Å². The van der Waals surface area contributed by atoms with Crippen molar-refractivity contribution in [1.82, 2.24) is 15.3 Å². The van der Waals surface area contributed by atoms with Gasteiger partial charge in [0, 0.05) is 28.7 Å². The molecule has 1 aromatic carbocycles. The van der Waals surface area contributed by atoms with Gasteiger partial charge in [-0.15, -0.1) is 0 Å². The molecule has 0 aliphatic heterocycles. The Morgan fingerprint density at radius 2 is 1.91 bits per heavy atom. The smallest absolute Gasteiger partial charge is 0.187 e. The Morgan fingerprint density at radius 3 is 2.55 bits per heavy atom. The molecule has 0 aliphatic carbocycles. The molecule has 0 saturated heterocycles. The van der Waals surface area contributed by atoms with E-state index in [4.69, 9.17) is 12.2 Å². The Bertz CT molecular complexity index is 671. The zero-order valence-electron chi connectivity index (χ0n) is 13.4. The molecule has 116 valence electrons. The van der Waals surface area contributed by atoms with Gasteiger partial charge in [-0.25, -0.2) is 0 Å². The highest BCUT2D eigenvalue weighted by Crippen LogP contribution is 2.19. The SMILES string of the molecule is Cc1cc(/C=N\NC(=S)NC(C)C)c(C)n1-c1ccccc1. The number of benzene rings is 1. The van der Waals surface area contributed by atoms with Gasteiger partial charge in [-0.05, 0) is 58.1 Å². The van der Waals surface area contributed by atoms with Gasteiger partial charge in [0.1, 0.15) is 0 Å². The normalized spacial score (nSPS) is 11.1. The fourth-order valence-corrected chi connectivity index (χ4v) is 2.64. The number of hydrogen-bond donors (Lipinski definition) is 2. The molecule has 0 fully saturated rings. The summed E-state index contributed by atoms with van der Waals surface area (Å²) in [7, 11) is 0. The van der Waals surface area contributed by atoms with Crippen LogP contribution in [0.2, 0.25) is 0 Å². The van der Waals surface area contributed by atoms with E-state index in [2.05, 4.69) is 52.5 Å². The lowest BCUT2D eigenvalue weighted by molar-refractivity contribution is 0.720. The van der Waals surface area contributed by atoms with Crippen LogP contribution in [-0.2, 0) is 0 Å². The fourth-order valence-electron chi connectivity index (χ4n) is 2.35. The number of aryl methyl sites for hydroxylation is 1. The van der Waals surface area contributed by atoms with Gasteiger partial charge in [0.25, 0.3) is 0 Å². The van der Waals surface area contributed by atoms with Crippen LogP contribution >= 0.6 is 12.2 Å². The predicted molar refractivity (Wildman–Crippen MR) is 96.8 cm³/mol. The topological polar surface area (TPSA) is 41.4 Å². The number of hydrazone groups is 1. The van der Waals surface area contributed by atoms with Crippen LogP contribution in [0, 0.1) is 13.8 Å². The van der Waals surface area contributed by atoms with E-state index in [0.717, 1.165) is 16.9 Å². The first kappa shape index (κ1) is 16.2. The van der Waals surface area contributed by atoms with E-state index in [9.17, 15) is 0 Å². The van der Waals surface area contributed by atoms with E-state index in [1.807, 2.05) is 32.0 Å². The number of rotatable bonds is 4. The van der Waals surface area contributed by atoms with Crippen molar-refractivity contribution < 1.29 is 0 Å². The summed E-state index contributed by atoms with van der Waals surface area (Å²) in [5.41, 5.74) is 7.39. The van der Waals surface area contributed by atoms with Crippen molar-refractivity contribution >= 4 is 23.5 Å². The van der Waals surface area contributed by atoms with Gasteiger partial charge < -0.3 is 9.88 Å². The van der Waals surface area contributed by atoms with Crippen LogP contribution in [0.1, 0.15) is 30.8 Å². The maximum Gasteiger partial charge on any atom is 0.187 e. The minimum Gasteiger partial charge on any atom is -0.359 e. The molecule has 4 nitrogen and oxygen atoms in total. The maximum absolute atomic E-state index is 5.14. The second-order valence-electron chi connectivity index (χ2n) is 5.50. The van der Waals surface area contributed by atoms with Crippen LogP contribution in [-0.4, -0.2) is 21.9 Å². The molecule has 0 amide bonds. The number of para-hydroxylation sites is 1. The first-order valence-corrected chi connectivity index (χ1v) is 7.74. The molecule has 2 rings (SSSR count). The summed E-state index contributed by atoms with van der Waals surface area (Å²) in [6.45, 7) is 8.25. The van der Waals surface area contributed by atoms with E-state index < -0.39 is 0 Å². The van der Waals surface area contributed by atoms with Crippen molar-refractivity contribution in [2.75, 3.05) is 0 Å². The summed E-state index contributed by atoms with van der Waals surface area (Å²) >= 11 is 5.14. The highest BCUT2D eigenvalue weighted by Gasteiger charge is 2.08. The average Bonchev–Trinajstić information content (AvgIpc) is 2.74. The average molecular weight is 314 g/mol. The third-order valence-electron chi connectivity index (χ3n) is 3.27. The molecule has 1 heterocycles. The zero-order valence-corrected chi connectivity index (χ0v) is 14.2. The standard InChI is InChI=1S/C17H22N4S/c1-12(2)19-17(22)20-18-11-15-10-13(3)21(14(15)4)16-8-6-5-7-9-16/h5-12H,1-4H3,(H2,19,20,22)/b18-11-. The summed E-state index contributed by atoms with van der Waals surface area (Å²) in [4.78, 5) is 0. The number of hydrogen-bond acceptors (Lipinski definition) is 2. The summed E-state index contributed by atoms with van der Waals surface area (Å²) in [5, 5.41) is 7.83. The monoisotopic (exact) mass is 314 g/mol. The Kier molecular flexibility index (Phi) is 5.33. The van der Waals surface area contributed by atoms with Crippen molar-refractivity contribution in [3.63, 3.8) is 0 Å². The Morgan fingerprint density at radius 1 is 1.23 bits per heavy atom. The van der Waals surface area contributed by atoms with Crippen molar-refractivity contribution in [2.45, 2.75) is 33.7 Å². The van der Waals surface area contributed by atoms with Crippen LogP contribution < -0.4 is 10.7 Å². The molecule has 0 spiro atoms. The number of nitrogens with one attached hydrogen (secondary N) is 2. The molecule has 2 aromatic rings. The third-order valence-corrected chi connectivity index (χ3v) is 3.48. The van der Waals surface area contributed by atoms with Crippen LogP contribution in [0.4, 0.5) is 0 Å². The lowest BCUT2D eigenvalue weighted by Crippen LogP contribution is -2.36. The number of aromatic nitrogens is 1. The largest absolute Gasteiger partial charge is 0.359 e. The molecule has 2 N–H and O–H groups in total. The molecule has 0 atom stereocenters. The molecule has 0 saturated carbocycles. The Labute approximate surface area is 137 Å². The van der Waals surface area contributed by atoms with Gasteiger partial charge in [-0.1, -0.05) is 18.2 Å². The maximum atomic E-state index is 5.14. The van der Waals surface area contributed by atoms with E-state index >= 15 is 0 Å². The van der Waals surface area contributed by atoms with Crippen molar-refractivity contribution in [1.29, 1.82) is 0 Å². The number of nitrogens with zero attached hydrogens (tertiary/aromatic N) is 2.